The number of thiophene rings is 1. The van der Waals surface area contributed by atoms with E-state index in [1.54, 1.807) is 11.4 Å². The number of aromatic carboxylic acids is 1. The average molecular weight is 225 g/mol. The summed E-state index contributed by atoms with van der Waals surface area (Å²) in [4.78, 5) is 15.3. The molecule has 0 saturated heterocycles. The summed E-state index contributed by atoms with van der Waals surface area (Å²) in [6.07, 6.45) is 2.80. The molecule has 2 rings (SSSR count). The summed E-state index contributed by atoms with van der Waals surface area (Å²) < 4.78 is 4.79. The molecule has 1 N–H and O–H groups in total. The molecule has 4 nitrogen and oxygen atoms in total. The second-order valence-electron chi connectivity index (χ2n) is 2.38. The average Bonchev–Trinajstić information content (AvgIpc) is 2.91. The second-order valence-corrected chi connectivity index (χ2v) is 3.29. The number of oxazole rings is 1. The van der Waals surface area contributed by atoms with Gasteiger partial charge in [0.2, 0.25) is 0 Å². The van der Waals surface area contributed by atoms with E-state index in [9.17, 15) is 4.79 Å². The van der Waals surface area contributed by atoms with Gasteiger partial charge >= 0.3 is 5.97 Å². The Bertz CT molecular complexity index is 420. The van der Waals surface area contributed by atoms with Gasteiger partial charge in [-0.25, -0.2) is 9.78 Å². The van der Waals surface area contributed by atoms with Gasteiger partial charge in [0.15, 0.2) is 6.39 Å². The highest BCUT2D eigenvalue weighted by Gasteiger charge is 2.09. The van der Waals surface area contributed by atoms with Crippen LogP contribution in [0.5, 0.6) is 0 Å². The van der Waals surface area contributed by atoms with Crippen molar-refractivity contribution in [1.82, 2.24) is 4.98 Å². The number of carboxylic acids is 1. The summed E-state index contributed by atoms with van der Waals surface area (Å²) >= 11 is 1.33. The highest BCUT2D eigenvalue weighted by atomic mass is 32.1. The lowest BCUT2D eigenvalue weighted by Gasteiger charge is -1.84. The molecule has 0 spiro atoms. The van der Waals surface area contributed by atoms with Crippen LogP contribution in [0.4, 0.5) is 0 Å². The van der Waals surface area contributed by atoms with E-state index < -0.39 is 5.97 Å². The number of hydrogen-bond donors (Lipinski definition) is 1. The molecule has 0 amide bonds. The van der Waals surface area contributed by atoms with Gasteiger partial charge in [-0.2, -0.15) is 0 Å². The maximum Gasteiger partial charge on any atom is 0.336 e. The first-order chi connectivity index (χ1) is 7.27. The van der Waals surface area contributed by atoms with E-state index in [0.717, 1.165) is 4.88 Å². The molecule has 80 valence electrons. The van der Waals surface area contributed by atoms with Crippen LogP contribution in [0.1, 0.15) is 24.2 Å². The standard InChI is InChI=1S/C8H5NO3S.C2H6/c10-8(11)5-1-7(13-3-5)6-2-12-4-9-6;1-2/h1-4H,(H,10,11);1-2H3. The van der Waals surface area contributed by atoms with Gasteiger partial charge in [0, 0.05) is 5.38 Å². The van der Waals surface area contributed by atoms with Gasteiger partial charge in [-0.15, -0.1) is 11.3 Å². The van der Waals surface area contributed by atoms with Crippen LogP contribution in [-0.2, 0) is 0 Å². The van der Waals surface area contributed by atoms with Gasteiger partial charge in [-0.3, -0.25) is 0 Å². The molecule has 2 aromatic rings. The van der Waals surface area contributed by atoms with Crippen LogP contribution in [0, 0.1) is 0 Å². The third-order valence-electron chi connectivity index (χ3n) is 1.53. The molecular formula is C10H11NO3S. The monoisotopic (exact) mass is 225 g/mol. The van der Waals surface area contributed by atoms with E-state index in [4.69, 9.17) is 9.52 Å². The molecule has 0 radical (unpaired) electrons. The maximum atomic E-state index is 10.5. The lowest BCUT2D eigenvalue weighted by Crippen LogP contribution is -1.91. The first-order valence-corrected chi connectivity index (χ1v) is 5.36. The highest BCUT2D eigenvalue weighted by Crippen LogP contribution is 2.25. The fraction of sp³-hybridized carbons (Fsp3) is 0.200. The Morgan fingerprint density at radius 2 is 2.27 bits per heavy atom. The van der Waals surface area contributed by atoms with E-state index in [1.165, 1.54) is 24.0 Å². The Labute approximate surface area is 91.2 Å². The zero-order valence-electron chi connectivity index (χ0n) is 8.43. The van der Waals surface area contributed by atoms with Crippen molar-refractivity contribution in [3.63, 3.8) is 0 Å². The molecule has 0 saturated carbocycles. The van der Waals surface area contributed by atoms with Gasteiger partial charge in [-0.05, 0) is 6.07 Å². The van der Waals surface area contributed by atoms with Crippen molar-refractivity contribution >= 4 is 17.3 Å². The van der Waals surface area contributed by atoms with Crippen molar-refractivity contribution in [2.24, 2.45) is 0 Å². The molecule has 5 heteroatoms. The first-order valence-electron chi connectivity index (χ1n) is 4.48. The van der Waals surface area contributed by atoms with Crippen LogP contribution in [0.2, 0.25) is 0 Å². The third-order valence-corrected chi connectivity index (χ3v) is 2.48. The van der Waals surface area contributed by atoms with Crippen molar-refractivity contribution < 1.29 is 14.3 Å². The summed E-state index contributed by atoms with van der Waals surface area (Å²) in [5.74, 6) is -0.925. The van der Waals surface area contributed by atoms with Gasteiger partial charge in [0.25, 0.3) is 0 Å². The summed E-state index contributed by atoms with van der Waals surface area (Å²) in [5.41, 5.74) is 0.945. The number of carboxylic acid groups (broad SMARTS) is 1. The number of carbonyl (C=O) groups is 1. The van der Waals surface area contributed by atoms with Crippen LogP contribution in [0.25, 0.3) is 10.6 Å². The fourth-order valence-electron chi connectivity index (χ4n) is 0.917. The minimum atomic E-state index is -0.925. The molecule has 0 bridgehead atoms. The number of hydrogen-bond acceptors (Lipinski definition) is 4. The van der Waals surface area contributed by atoms with E-state index in [1.807, 2.05) is 13.8 Å². The van der Waals surface area contributed by atoms with E-state index in [2.05, 4.69) is 4.98 Å². The molecule has 0 aliphatic rings. The summed E-state index contributed by atoms with van der Waals surface area (Å²) in [5, 5.41) is 10.2. The SMILES string of the molecule is CC.O=C(O)c1csc(-c2cocn2)c1. The van der Waals surface area contributed by atoms with Crippen molar-refractivity contribution in [2.45, 2.75) is 13.8 Å². The summed E-state index contributed by atoms with van der Waals surface area (Å²) in [6.45, 7) is 4.00. The molecule has 0 unspecified atom stereocenters. The Balaban J connectivity index is 0.000000531. The minimum absolute atomic E-state index is 0.281. The van der Waals surface area contributed by atoms with Crippen LogP contribution < -0.4 is 0 Å². The molecule has 15 heavy (non-hydrogen) atoms. The Morgan fingerprint density at radius 3 is 2.73 bits per heavy atom. The molecule has 0 fully saturated rings. The van der Waals surface area contributed by atoms with Crippen LogP contribution in [0.15, 0.2) is 28.5 Å². The second kappa shape index (κ2) is 5.31. The molecule has 0 aromatic carbocycles. The van der Waals surface area contributed by atoms with Crippen LogP contribution in [-0.4, -0.2) is 16.1 Å². The summed E-state index contributed by atoms with van der Waals surface area (Å²) in [6, 6.07) is 1.57. The van der Waals surface area contributed by atoms with E-state index in [0.29, 0.717) is 5.69 Å². The first kappa shape index (κ1) is 11.5. The van der Waals surface area contributed by atoms with Crippen LogP contribution >= 0.6 is 11.3 Å². The third kappa shape index (κ3) is 2.66. The lowest BCUT2D eigenvalue weighted by molar-refractivity contribution is 0.0697. The summed E-state index contributed by atoms with van der Waals surface area (Å²) in [7, 11) is 0. The molecule has 0 aliphatic heterocycles. The molecular weight excluding hydrogens is 214 g/mol. The predicted molar refractivity (Wildman–Crippen MR) is 58.1 cm³/mol. The zero-order chi connectivity index (χ0) is 11.3. The van der Waals surface area contributed by atoms with Gasteiger partial charge in [-0.1, -0.05) is 13.8 Å². The quantitative estimate of drug-likeness (QED) is 0.852. The van der Waals surface area contributed by atoms with Gasteiger partial charge in [0.1, 0.15) is 12.0 Å². The van der Waals surface area contributed by atoms with Crippen molar-refractivity contribution in [3.8, 4) is 10.6 Å². The Morgan fingerprint density at radius 1 is 1.53 bits per heavy atom. The fourth-order valence-corrected chi connectivity index (χ4v) is 1.76. The van der Waals surface area contributed by atoms with E-state index >= 15 is 0 Å². The molecule has 0 aliphatic carbocycles. The molecule has 0 atom stereocenters. The number of rotatable bonds is 2. The predicted octanol–water partition coefficient (Wildman–Crippen LogP) is 3.13. The normalized spacial score (nSPS) is 9.20. The minimum Gasteiger partial charge on any atom is -0.478 e. The molecule has 2 aromatic heterocycles. The zero-order valence-corrected chi connectivity index (χ0v) is 9.25. The van der Waals surface area contributed by atoms with Crippen molar-refractivity contribution in [3.05, 3.63) is 29.7 Å². The van der Waals surface area contributed by atoms with Gasteiger partial charge in [0.05, 0.1) is 10.4 Å². The number of aromatic nitrogens is 1. The largest absolute Gasteiger partial charge is 0.478 e. The molecule has 2 heterocycles. The van der Waals surface area contributed by atoms with Crippen LogP contribution in [0.3, 0.4) is 0 Å². The maximum absolute atomic E-state index is 10.5. The Kier molecular flexibility index (Phi) is 4.05. The Hall–Kier alpha value is -1.62. The topological polar surface area (TPSA) is 63.3 Å². The smallest absolute Gasteiger partial charge is 0.336 e. The van der Waals surface area contributed by atoms with Crippen molar-refractivity contribution in [1.29, 1.82) is 0 Å². The van der Waals surface area contributed by atoms with E-state index in [-0.39, 0.29) is 5.56 Å². The lowest BCUT2D eigenvalue weighted by atomic mass is 10.3. The van der Waals surface area contributed by atoms with Crippen molar-refractivity contribution in [2.75, 3.05) is 0 Å². The number of nitrogens with zero attached hydrogens (tertiary/aromatic N) is 1. The highest BCUT2D eigenvalue weighted by molar-refractivity contribution is 7.13. The van der Waals surface area contributed by atoms with Gasteiger partial charge < -0.3 is 9.52 Å².